The molecule has 86 valence electrons. The fourth-order valence-electron chi connectivity index (χ4n) is 2.13. The molecule has 1 aromatic carbocycles. The smallest absolute Gasteiger partial charge is 0.209 e. The van der Waals surface area contributed by atoms with E-state index in [0.717, 1.165) is 38.9 Å². The summed E-state index contributed by atoms with van der Waals surface area (Å²) in [4.78, 5) is 12.5. The Labute approximate surface area is 96.5 Å². The zero-order valence-electron chi connectivity index (χ0n) is 9.43. The standard InChI is InChI=1S/C13H18N2O/c16-11-15-9-8-14-13(10-15)7-6-12-4-2-1-3-5-12/h1-5,11,13-14H,6-10H2. The highest BCUT2D eigenvalue weighted by molar-refractivity contribution is 5.47. The van der Waals surface area contributed by atoms with Crippen molar-refractivity contribution in [2.75, 3.05) is 19.6 Å². The summed E-state index contributed by atoms with van der Waals surface area (Å²) < 4.78 is 0. The normalized spacial score (nSPS) is 20.8. The van der Waals surface area contributed by atoms with Gasteiger partial charge in [-0.1, -0.05) is 30.3 Å². The Kier molecular flexibility index (Phi) is 3.94. The summed E-state index contributed by atoms with van der Waals surface area (Å²) in [5.41, 5.74) is 1.37. The van der Waals surface area contributed by atoms with Crippen LogP contribution in [0.3, 0.4) is 0 Å². The van der Waals surface area contributed by atoms with E-state index in [-0.39, 0.29) is 0 Å². The number of carbonyl (C=O) groups excluding carboxylic acids is 1. The van der Waals surface area contributed by atoms with Gasteiger partial charge < -0.3 is 10.2 Å². The molecule has 3 heteroatoms. The highest BCUT2D eigenvalue weighted by Crippen LogP contribution is 2.07. The molecular weight excluding hydrogens is 200 g/mol. The second-order valence-electron chi connectivity index (χ2n) is 4.28. The van der Waals surface area contributed by atoms with Gasteiger partial charge >= 0.3 is 0 Å². The van der Waals surface area contributed by atoms with E-state index >= 15 is 0 Å². The Hall–Kier alpha value is -1.35. The van der Waals surface area contributed by atoms with Crippen molar-refractivity contribution in [3.63, 3.8) is 0 Å². The molecule has 1 atom stereocenters. The van der Waals surface area contributed by atoms with Gasteiger partial charge in [0.25, 0.3) is 0 Å². The minimum Gasteiger partial charge on any atom is -0.342 e. The van der Waals surface area contributed by atoms with Crippen LogP contribution >= 0.6 is 0 Å². The van der Waals surface area contributed by atoms with Crippen LogP contribution in [0.1, 0.15) is 12.0 Å². The molecule has 0 bridgehead atoms. The molecule has 1 saturated heterocycles. The lowest BCUT2D eigenvalue weighted by atomic mass is 10.0. The zero-order valence-corrected chi connectivity index (χ0v) is 9.43. The third-order valence-corrected chi connectivity index (χ3v) is 3.06. The highest BCUT2D eigenvalue weighted by Gasteiger charge is 2.17. The minimum atomic E-state index is 0.444. The van der Waals surface area contributed by atoms with Crippen LogP contribution in [0.5, 0.6) is 0 Å². The van der Waals surface area contributed by atoms with Crippen LogP contribution < -0.4 is 5.32 Å². The van der Waals surface area contributed by atoms with E-state index in [2.05, 4.69) is 29.6 Å². The SMILES string of the molecule is O=CN1CCNC(CCc2ccccc2)C1. The van der Waals surface area contributed by atoms with Crippen LogP contribution in [0.2, 0.25) is 0 Å². The van der Waals surface area contributed by atoms with Gasteiger partial charge in [-0.15, -0.1) is 0 Å². The molecule has 2 rings (SSSR count). The van der Waals surface area contributed by atoms with E-state index < -0.39 is 0 Å². The third kappa shape index (κ3) is 3.07. The average molecular weight is 218 g/mol. The summed E-state index contributed by atoms with van der Waals surface area (Å²) in [6.07, 6.45) is 3.12. The molecule has 1 fully saturated rings. The summed E-state index contributed by atoms with van der Waals surface area (Å²) in [5.74, 6) is 0. The van der Waals surface area contributed by atoms with E-state index in [9.17, 15) is 4.79 Å². The molecule has 1 amide bonds. The number of aryl methyl sites for hydroxylation is 1. The second kappa shape index (κ2) is 5.66. The van der Waals surface area contributed by atoms with Crippen LogP contribution in [0.4, 0.5) is 0 Å². The fourth-order valence-corrected chi connectivity index (χ4v) is 2.13. The summed E-state index contributed by atoms with van der Waals surface area (Å²) in [5, 5.41) is 3.45. The van der Waals surface area contributed by atoms with Crippen molar-refractivity contribution in [1.82, 2.24) is 10.2 Å². The van der Waals surface area contributed by atoms with Crippen molar-refractivity contribution < 1.29 is 4.79 Å². The van der Waals surface area contributed by atoms with E-state index in [1.165, 1.54) is 5.56 Å². The first-order valence-corrected chi connectivity index (χ1v) is 5.85. The number of nitrogens with zero attached hydrogens (tertiary/aromatic N) is 1. The Bertz CT molecular complexity index is 326. The van der Waals surface area contributed by atoms with Gasteiger partial charge in [0.1, 0.15) is 0 Å². The number of hydrogen-bond donors (Lipinski definition) is 1. The average Bonchev–Trinajstić information content (AvgIpc) is 2.38. The lowest BCUT2D eigenvalue weighted by Gasteiger charge is -2.31. The first-order valence-electron chi connectivity index (χ1n) is 5.85. The van der Waals surface area contributed by atoms with E-state index in [0.29, 0.717) is 6.04 Å². The van der Waals surface area contributed by atoms with Crippen LogP contribution in [-0.2, 0) is 11.2 Å². The van der Waals surface area contributed by atoms with Gasteiger partial charge in [0.15, 0.2) is 0 Å². The fraction of sp³-hybridized carbons (Fsp3) is 0.462. The first kappa shape index (κ1) is 11.1. The number of carbonyl (C=O) groups is 1. The maximum Gasteiger partial charge on any atom is 0.209 e. The second-order valence-corrected chi connectivity index (χ2v) is 4.28. The number of rotatable bonds is 4. The van der Waals surface area contributed by atoms with Gasteiger partial charge in [0, 0.05) is 25.7 Å². The molecule has 1 unspecified atom stereocenters. The van der Waals surface area contributed by atoms with Gasteiger partial charge in [-0.25, -0.2) is 0 Å². The van der Waals surface area contributed by atoms with Gasteiger partial charge in [0.2, 0.25) is 6.41 Å². The van der Waals surface area contributed by atoms with E-state index in [4.69, 9.17) is 0 Å². The van der Waals surface area contributed by atoms with Crippen molar-refractivity contribution >= 4 is 6.41 Å². The number of benzene rings is 1. The Morgan fingerprint density at radius 3 is 2.94 bits per heavy atom. The summed E-state index contributed by atoms with van der Waals surface area (Å²) in [6.45, 7) is 2.60. The minimum absolute atomic E-state index is 0.444. The quantitative estimate of drug-likeness (QED) is 0.766. The topological polar surface area (TPSA) is 32.3 Å². The van der Waals surface area contributed by atoms with Crippen molar-refractivity contribution in [3.05, 3.63) is 35.9 Å². The Morgan fingerprint density at radius 1 is 1.38 bits per heavy atom. The van der Waals surface area contributed by atoms with Gasteiger partial charge in [-0.2, -0.15) is 0 Å². The lowest BCUT2D eigenvalue weighted by molar-refractivity contribution is -0.119. The molecule has 16 heavy (non-hydrogen) atoms. The summed E-state index contributed by atoms with van der Waals surface area (Å²) in [7, 11) is 0. The van der Waals surface area contributed by atoms with Crippen molar-refractivity contribution in [1.29, 1.82) is 0 Å². The molecule has 0 saturated carbocycles. The van der Waals surface area contributed by atoms with E-state index in [1.54, 1.807) is 0 Å². The maximum absolute atomic E-state index is 10.7. The predicted octanol–water partition coefficient (Wildman–Crippen LogP) is 1.05. The summed E-state index contributed by atoms with van der Waals surface area (Å²) >= 11 is 0. The molecular formula is C13H18N2O. The molecule has 0 aromatic heterocycles. The molecule has 1 aliphatic heterocycles. The lowest BCUT2D eigenvalue weighted by Crippen LogP contribution is -2.50. The number of hydrogen-bond acceptors (Lipinski definition) is 2. The summed E-state index contributed by atoms with van der Waals surface area (Å²) in [6, 6.07) is 10.9. The van der Waals surface area contributed by atoms with Crippen LogP contribution in [0.15, 0.2) is 30.3 Å². The zero-order chi connectivity index (χ0) is 11.2. The Balaban J connectivity index is 1.79. The van der Waals surface area contributed by atoms with Crippen molar-refractivity contribution in [2.45, 2.75) is 18.9 Å². The Morgan fingerprint density at radius 2 is 2.19 bits per heavy atom. The number of amides is 1. The van der Waals surface area contributed by atoms with E-state index in [1.807, 2.05) is 11.0 Å². The molecule has 1 N–H and O–H groups in total. The van der Waals surface area contributed by atoms with Gasteiger partial charge in [0.05, 0.1) is 0 Å². The molecule has 1 aliphatic rings. The number of piperazine rings is 1. The highest BCUT2D eigenvalue weighted by atomic mass is 16.1. The molecule has 3 nitrogen and oxygen atoms in total. The van der Waals surface area contributed by atoms with Crippen LogP contribution in [0.25, 0.3) is 0 Å². The van der Waals surface area contributed by atoms with Crippen LogP contribution in [0, 0.1) is 0 Å². The molecule has 0 radical (unpaired) electrons. The van der Waals surface area contributed by atoms with Gasteiger partial charge in [-0.3, -0.25) is 4.79 Å². The molecule has 0 spiro atoms. The van der Waals surface area contributed by atoms with Crippen molar-refractivity contribution in [3.8, 4) is 0 Å². The first-order chi connectivity index (χ1) is 7.88. The number of nitrogens with one attached hydrogen (secondary N) is 1. The largest absolute Gasteiger partial charge is 0.342 e. The molecule has 1 heterocycles. The van der Waals surface area contributed by atoms with Gasteiger partial charge in [-0.05, 0) is 18.4 Å². The van der Waals surface area contributed by atoms with Crippen LogP contribution in [-0.4, -0.2) is 37.0 Å². The van der Waals surface area contributed by atoms with Crippen molar-refractivity contribution in [2.24, 2.45) is 0 Å². The maximum atomic E-state index is 10.7. The predicted molar refractivity (Wildman–Crippen MR) is 64.2 cm³/mol. The monoisotopic (exact) mass is 218 g/mol. The molecule has 1 aromatic rings. The molecule has 0 aliphatic carbocycles. The third-order valence-electron chi connectivity index (χ3n) is 3.06.